The van der Waals surface area contributed by atoms with Crippen LogP contribution in [0.3, 0.4) is 0 Å². The standard InChI is InChI=1S/C20H30N4O3/c1-14(20(26)27)24-12-8-16(9-13-24)19(25)22-11-3-5-17-7-6-15-4-2-10-21-18(15)23-17/h6-7,14,16H,2-5,8-13H2,1H3,(H,21,23)(H,22,25)(H,26,27). The van der Waals surface area contributed by atoms with Gasteiger partial charge in [0, 0.05) is 24.7 Å². The number of piperidine rings is 1. The number of carbonyl (C=O) groups is 2. The van der Waals surface area contributed by atoms with Crippen molar-refractivity contribution in [2.24, 2.45) is 5.92 Å². The van der Waals surface area contributed by atoms with Crippen LogP contribution in [0.2, 0.25) is 0 Å². The topological polar surface area (TPSA) is 94.6 Å². The predicted molar refractivity (Wildman–Crippen MR) is 104 cm³/mol. The van der Waals surface area contributed by atoms with E-state index in [4.69, 9.17) is 5.11 Å². The number of aromatic nitrogens is 1. The largest absolute Gasteiger partial charge is 0.480 e. The van der Waals surface area contributed by atoms with Gasteiger partial charge in [-0.1, -0.05) is 6.07 Å². The minimum absolute atomic E-state index is 0.00619. The number of fused-ring (bicyclic) bond motifs is 1. The van der Waals surface area contributed by atoms with Gasteiger partial charge in [0.1, 0.15) is 11.9 Å². The van der Waals surface area contributed by atoms with Crippen molar-refractivity contribution in [2.75, 3.05) is 31.5 Å². The number of likely N-dealkylation sites (tertiary alicyclic amines) is 1. The molecule has 1 unspecified atom stereocenters. The molecule has 7 heteroatoms. The SMILES string of the molecule is CC(C(=O)O)N1CCC(C(=O)NCCCc2ccc3c(n2)NCCC3)CC1. The molecule has 1 atom stereocenters. The summed E-state index contributed by atoms with van der Waals surface area (Å²) >= 11 is 0. The van der Waals surface area contributed by atoms with Gasteiger partial charge in [-0.2, -0.15) is 0 Å². The first-order chi connectivity index (χ1) is 13.0. The van der Waals surface area contributed by atoms with E-state index >= 15 is 0 Å². The second-order valence-electron chi connectivity index (χ2n) is 7.56. The molecule has 0 aliphatic carbocycles. The average Bonchev–Trinajstić information content (AvgIpc) is 2.70. The van der Waals surface area contributed by atoms with E-state index in [0.29, 0.717) is 19.6 Å². The Labute approximate surface area is 160 Å². The molecule has 0 radical (unpaired) electrons. The third-order valence-corrected chi connectivity index (χ3v) is 5.67. The number of aliphatic carboxylic acids is 1. The molecule has 1 fully saturated rings. The summed E-state index contributed by atoms with van der Waals surface area (Å²) in [5, 5.41) is 15.5. The lowest BCUT2D eigenvalue weighted by atomic mass is 9.95. The number of carboxylic acid groups (broad SMARTS) is 1. The highest BCUT2D eigenvalue weighted by Crippen LogP contribution is 2.21. The van der Waals surface area contributed by atoms with Gasteiger partial charge in [0.2, 0.25) is 5.91 Å². The molecule has 0 aromatic carbocycles. The summed E-state index contributed by atoms with van der Waals surface area (Å²) < 4.78 is 0. The lowest BCUT2D eigenvalue weighted by Gasteiger charge is -2.33. The smallest absolute Gasteiger partial charge is 0.320 e. The zero-order chi connectivity index (χ0) is 19.2. The van der Waals surface area contributed by atoms with Crippen LogP contribution >= 0.6 is 0 Å². The second-order valence-corrected chi connectivity index (χ2v) is 7.56. The monoisotopic (exact) mass is 374 g/mol. The number of aryl methyl sites for hydroxylation is 2. The van der Waals surface area contributed by atoms with Crippen molar-refractivity contribution in [3.63, 3.8) is 0 Å². The van der Waals surface area contributed by atoms with Crippen LogP contribution in [0.4, 0.5) is 5.82 Å². The second kappa shape index (κ2) is 9.17. The molecule has 2 aliphatic heterocycles. The van der Waals surface area contributed by atoms with Gasteiger partial charge in [-0.3, -0.25) is 14.5 Å². The third kappa shape index (κ3) is 5.19. The number of carbonyl (C=O) groups excluding carboxylic acids is 1. The van der Waals surface area contributed by atoms with Crippen LogP contribution in [0, 0.1) is 5.92 Å². The molecule has 1 saturated heterocycles. The first kappa shape index (κ1) is 19.6. The van der Waals surface area contributed by atoms with E-state index in [1.54, 1.807) is 6.92 Å². The van der Waals surface area contributed by atoms with Gasteiger partial charge < -0.3 is 15.7 Å². The minimum atomic E-state index is -0.802. The summed E-state index contributed by atoms with van der Waals surface area (Å²) in [6, 6.07) is 3.77. The molecule has 3 heterocycles. The summed E-state index contributed by atoms with van der Waals surface area (Å²) in [5.41, 5.74) is 2.36. The van der Waals surface area contributed by atoms with E-state index in [1.165, 1.54) is 5.56 Å². The molecular formula is C20H30N4O3. The summed E-state index contributed by atoms with van der Waals surface area (Å²) in [7, 11) is 0. The average molecular weight is 374 g/mol. The van der Waals surface area contributed by atoms with Gasteiger partial charge in [-0.25, -0.2) is 4.98 Å². The lowest BCUT2D eigenvalue weighted by molar-refractivity contribution is -0.143. The molecule has 27 heavy (non-hydrogen) atoms. The number of hydrogen-bond acceptors (Lipinski definition) is 5. The maximum atomic E-state index is 12.3. The molecule has 0 spiro atoms. The molecule has 148 valence electrons. The Kier molecular flexibility index (Phi) is 6.66. The van der Waals surface area contributed by atoms with Crippen molar-refractivity contribution in [2.45, 2.75) is 51.5 Å². The van der Waals surface area contributed by atoms with Gasteiger partial charge in [-0.05, 0) is 70.2 Å². The van der Waals surface area contributed by atoms with Crippen LogP contribution in [-0.2, 0) is 22.4 Å². The Morgan fingerprint density at radius 2 is 2.15 bits per heavy atom. The number of nitrogens with one attached hydrogen (secondary N) is 2. The van der Waals surface area contributed by atoms with Gasteiger partial charge in [0.05, 0.1) is 0 Å². The Bertz CT molecular complexity index is 671. The predicted octanol–water partition coefficient (Wildman–Crippen LogP) is 1.67. The Hall–Kier alpha value is -2.15. The van der Waals surface area contributed by atoms with Crippen LogP contribution < -0.4 is 10.6 Å². The van der Waals surface area contributed by atoms with E-state index in [0.717, 1.165) is 56.6 Å². The Morgan fingerprint density at radius 1 is 1.37 bits per heavy atom. The van der Waals surface area contributed by atoms with Crippen molar-refractivity contribution in [3.05, 3.63) is 23.4 Å². The molecule has 7 nitrogen and oxygen atoms in total. The first-order valence-corrected chi connectivity index (χ1v) is 10.0. The first-order valence-electron chi connectivity index (χ1n) is 10.0. The number of rotatable bonds is 7. The number of amides is 1. The van der Waals surface area contributed by atoms with Gasteiger partial charge in [-0.15, -0.1) is 0 Å². The zero-order valence-corrected chi connectivity index (χ0v) is 16.0. The molecule has 1 aromatic heterocycles. The lowest BCUT2D eigenvalue weighted by Crippen LogP contribution is -2.46. The van der Waals surface area contributed by atoms with E-state index < -0.39 is 12.0 Å². The van der Waals surface area contributed by atoms with Crippen molar-refractivity contribution in [1.82, 2.24) is 15.2 Å². The van der Waals surface area contributed by atoms with Crippen LogP contribution in [0.1, 0.15) is 43.9 Å². The maximum Gasteiger partial charge on any atom is 0.320 e. The highest BCUT2D eigenvalue weighted by molar-refractivity contribution is 5.78. The van der Waals surface area contributed by atoms with Crippen LogP contribution in [0.25, 0.3) is 0 Å². The van der Waals surface area contributed by atoms with Gasteiger partial charge in [0.25, 0.3) is 0 Å². The number of anilines is 1. The number of nitrogens with zero attached hydrogens (tertiary/aromatic N) is 2. The number of hydrogen-bond donors (Lipinski definition) is 3. The highest BCUT2D eigenvalue weighted by Gasteiger charge is 2.29. The number of carboxylic acids is 1. The molecule has 0 saturated carbocycles. The molecule has 3 N–H and O–H groups in total. The fourth-order valence-electron chi connectivity index (χ4n) is 3.84. The highest BCUT2D eigenvalue weighted by atomic mass is 16.4. The molecule has 1 amide bonds. The maximum absolute atomic E-state index is 12.3. The van der Waals surface area contributed by atoms with Gasteiger partial charge >= 0.3 is 5.97 Å². The van der Waals surface area contributed by atoms with Crippen LogP contribution in [-0.4, -0.2) is 59.1 Å². The Morgan fingerprint density at radius 3 is 2.89 bits per heavy atom. The fraction of sp³-hybridized carbons (Fsp3) is 0.650. The van der Waals surface area contributed by atoms with Crippen molar-refractivity contribution in [1.29, 1.82) is 0 Å². The van der Waals surface area contributed by atoms with Crippen LogP contribution in [0.15, 0.2) is 12.1 Å². The fourth-order valence-corrected chi connectivity index (χ4v) is 3.84. The number of pyridine rings is 1. The summed E-state index contributed by atoms with van der Waals surface area (Å²) in [4.78, 5) is 30.0. The summed E-state index contributed by atoms with van der Waals surface area (Å²) in [6.45, 7) is 4.67. The summed E-state index contributed by atoms with van der Waals surface area (Å²) in [5.74, 6) is 0.306. The normalized spacial score (nSPS) is 19.0. The molecular weight excluding hydrogens is 344 g/mol. The third-order valence-electron chi connectivity index (χ3n) is 5.67. The molecule has 0 bridgehead atoms. The van der Waals surface area contributed by atoms with Crippen molar-refractivity contribution < 1.29 is 14.7 Å². The van der Waals surface area contributed by atoms with E-state index in [1.807, 2.05) is 4.90 Å². The van der Waals surface area contributed by atoms with Crippen LogP contribution in [0.5, 0.6) is 0 Å². The minimum Gasteiger partial charge on any atom is -0.480 e. The zero-order valence-electron chi connectivity index (χ0n) is 16.0. The molecule has 1 aromatic rings. The Balaban J connectivity index is 1.36. The quantitative estimate of drug-likeness (QED) is 0.629. The van der Waals surface area contributed by atoms with E-state index in [2.05, 4.69) is 27.8 Å². The van der Waals surface area contributed by atoms with Crippen molar-refractivity contribution >= 4 is 17.7 Å². The van der Waals surface area contributed by atoms with Crippen molar-refractivity contribution in [3.8, 4) is 0 Å². The molecule has 2 aliphatic rings. The molecule has 3 rings (SSSR count). The van der Waals surface area contributed by atoms with E-state index in [9.17, 15) is 9.59 Å². The van der Waals surface area contributed by atoms with Gasteiger partial charge in [0.15, 0.2) is 0 Å². The van der Waals surface area contributed by atoms with E-state index in [-0.39, 0.29) is 11.8 Å². The summed E-state index contributed by atoms with van der Waals surface area (Å²) in [6.07, 6.45) is 5.42.